The molecule has 5 heteroatoms. The standard InChI is InChI=1S/C15H22N2O2S/c1-11(12-4-5-12)10-17-20(18,19)14-6-7-15-13(9-14)3-2-8-16-15/h6-7,9,11-12,16-17H,2-5,8,10H2,1H3. The monoisotopic (exact) mass is 294 g/mol. The van der Waals surface area contributed by atoms with Crippen molar-refractivity contribution in [3.63, 3.8) is 0 Å². The van der Waals surface area contributed by atoms with Gasteiger partial charge in [0.15, 0.2) is 0 Å². The van der Waals surface area contributed by atoms with Crippen LogP contribution >= 0.6 is 0 Å². The molecule has 0 bridgehead atoms. The summed E-state index contributed by atoms with van der Waals surface area (Å²) >= 11 is 0. The third-order valence-electron chi connectivity index (χ3n) is 4.35. The van der Waals surface area contributed by atoms with Gasteiger partial charge in [0.05, 0.1) is 4.90 Å². The van der Waals surface area contributed by atoms with Crippen LogP contribution in [0.1, 0.15) is 31.7 Å². The van der Waals surface area contributed by atoms with Gasteiger partial charge < -0.3 is 5.32 Å². The molecule has 1 unspecified atom stereocenters. The molecular formula is C15H22N2O2S. The Labute approximate surface area is 121 Å². The Morgan fingerprint density at radius 2 is 2.20 bits per heavy atom. The summed E-state index contributed by atoms with van der Waals surface area (Å²) in [5.41, 5.74) is 2.18. The Morgan fingerprint density at radius 1 is 1.40 bits per heavy atom. The maximum absolute atomic E-state index is 12.3. The summed E-state index contributed by atoms with van der Waals surface area (Å²) in [5, 5.41) is 3.30. The molecule has 110 valence electrons. The normalized spacial score (nSPS) is 20.1. The van der Waals surface area contributed by atoms with Gasteiger partial charge in [0.25, 0.3) is 0 Å². The van der Waals surface area contributed by atoms with Crippen molar-refractivity contribution in [2.24, 2.45) is 11.8 Å². The minimum absolute atomic E-state index is 0.392. The third-order valence-corrected chi connectivity index (χ3v) is 5.77. The van der Waals surface area contributed by atoms with Crippen molar-refractivity contribution in [2.45, 2.75) is 37.5 Å². The van der Waals surface area contributed by atoms with E-state index in [1.165, 1.54) is 12.8 Å². The van der Waals surface area contributed by atoms with Crippen LogP contribution in [-0.4, -0.2) is 21.5 Å². The maximum Gasteiger partial charge on any atom is 0.240 e. The number of nitrogens with one attached hydrogen (secondary N) is 2. The predicted octanol–water partition coefficient (Wildman–Crippen LogP) is 2.37. The Hall–Kier alpha value is -1.07. The van der Waals surface area contributed by atoms with E-state index in [2.05, 4.69) is 17.0 Å². The minimum atomic E-state index is -3.37. The van der Waals surface area contributed by atoms with Gasteiger partial charge in [-0.2, -0.15) is 0 Å². The van der Waals surface area contributed by atoms with Gasteiger partial charge in [-0.3, -0.25) is 0 Å². The molecule has 2 N–H and O–H groups in total. The summed E-state index contributed by atoms with van der Waals surface area (Å²) in [6.07, 6.45) is 4.49. The second-order valence-electron chi connectivity index (χ2n) is 6.02. The van der Waals surface area contributed by atoms with Crippen molar-refractivity contribution >= 4 is 15.7 Å². The topological polar surface area (TPSA) is 58.2 Å². The summed E-state index contributed by atoms with van der Waals surface area (Å²) < 4.78 is 27.4. The van der Waals surface area contributed by atoms with Gasteiger partial charge in [-0.25, -0.2) is 13.1 Å². The number of benzene rings is 1. The van der Waals surface area contributed by atoms with Crippen LogP contribution in [0.25, 0.3) is 0 Å². The smallest absolute Gasteiger partial charge is 0.240 e. The molecule has 0 amide bonds. The van der Waals surface area contributed by atoms with Gasteiger partial charge in [-0.15, -0.1) is 0 Å². The zero-order valence-corrected chi connectivity index (χ0v) is 12.7. The van der Waals surface area contributed by atoms with Crippen molar-refractivity contribution in [3.05, 3.63) is 23.8 Å². The van der Waals surface area contributed by atoms with E-state index in [4.69, 9.17) is 0 Å². The number of aryl methyl sites for hydroxylation is 1. The lowest BCUT2D eigenvalue weighted by Crippen LogP contribution is -2.29. The van der Waals surface area contributed by atoms with E-state index in [1.807, 2.05) is 12.1 Å². The van der Waals surface area contributed by atoms with Crippen LogP contribution < -0.4 is 10.0 Å². The van der Waals surface area contributed by atoms with Gasteiger partial charge in [0.2, 0.25) is 10.0 Å². The molecule has 1 aromatic rings. The average molecular weight is 294 g/mol. The van der Waals surface area contributed by atoms with Crippen LogP contribution in [-0.2, 0) is 16.4 Å². The number of anilines is 1. The van der Waals surface area contributed by atoms with Gasteiger partial charge >= 0.3 is 0 Å². The SMILES string of the molecule is CC(CNS(=O)(=O)c1ccc2c(c1)CCCN2)C1CC1. The number of sulfonamides is 1. The lowest BCUT2D eigenvalue weighted by molar-refractivity contribution is 0.492. The van der Waals surface area contributed by atoms with E-state index in [0.29, 0.717) is 23.3 Å². The first-order chi connectivity index (χ1) is 9.56. The number of hydrogen-bond acceptors (Lipinski definition) is 3. The fourth-order valence-corrected chi connectivity index (χ4v) is 3.97. The molecule has 1 aliphatic heterocycles. The molecule has 0 radical (unpaired) electrons. The predicted molar refractivity (Wildman–Crippen MR) is 80.3 cm³/mol. The highest BCUT2D eigenvalue weighted by Gasteiger charge is 2.29. The van der Waals surface area contributed by atoms with Crippen LogP contribution in [0.3, 0.4) is 0 Å². The van der Waals surface area contributed by atoms with Gasteiger partial charge in [-0.05, 0) is 61.3 Å². The number of hydrogen-bond donors (Lipinski definition) is 2. The Morgan fingerprint density at radius 3 is 2.95 bits per heavy atom. The third kappa shape index (κ3) is 2.99. The van der Waals surface area contributed by atoms with Gasteiger partial charge in [0, 0.05) is 18.8 Å². The molecule has 4 nitrogen and oxygen atoms in total. The zero-order valence-electron chi connectivity index (χ0n) is 11.9. The number of fused-ring (bicyclic) bond motifs is 1. The lowest BCUT2D eigenvalue weighted by Gasteiger charge is -2.19. The maximum atomic E-state index is 12.3. The van der Waals surface area contributed by atoms with Crippen LogP contribution in [0.2, 0.25) is 0 Å². The Bertz CT molecular complexity index is 594. The highest BCUT2D eigenvalue weighted by molar-refractivity contribution is 7.89. The van der Waals surface area contributed by atoms with Crippen LogP contribution in [0.4, 0.5) is 5.69 Å². The van der Waals surface area contributed by atoms with Crippen molar-refractivity contribution < 1.29 is 8.42 Å². The second-order valence-corrected chi connectivity index (χ2v) is 7.78. The molecule has 1 aromatic carbocycles. The minimum Gasteiger partial charge on any atom is -0.385 e. The summed E-state index contributed by atoms with van der Waals surface area (Å²) in [6, 6.07) is 5.39. The molecule has 1 heterocycles. The largest absolute Gasteiger partial charge is 0.385 e. The van der Waals surface area contributed by atoms with E-state index >= 15 is 0 Å². The van der Waals surface area contributed by atoms with E-state index in [-0.39, 0.29) is 0 Å². The van der Waals surface area contributed by atoms with Crippen molar-refractivity contribution in [1.82, 2.24) is 4.72 Å². The molecule has 1 saturated carbocycles. The molecule has 3 rings (SSSR count). The molecule has 0 spiro atoms. The first-order valence-corrected chi connectivity index (χ1v) is 8.91. The van der Waals surface area contributed by atoms with Crippen LogP contribution in [0.5, 0.6) is 0 Å². The van der Waals surface area contributed by atoms with Crippen LogP contribution in [0, 0.1) is 11.8 Å². The highest BCUT2D eigenvalue weighted by Crippen LogP contribution is 2.36. The van der Waals surface area contributed by atoms with Crippen LogP contribution in [0.15, 0.2) is 23.1 Å². The molecular weight excluding hydrogens is 272 g/mol. The zero-order chi connectivity index (χ0) is 14.2. The summed E-state index contributed by atoms with van der Waals surface area (Å²) in [5.74, 6) is 1.15. The van der Waals surface area contributed by atoms with Gasteiger partial charge in [-0.1, -0.05) is 6.92 Å². The van der Waals surface area contributed by atoms with Gasteiger partial charge in [0.1, 0.15) is 0 Å². The molecule has 1 aliphatic carbocycles. The average Bonchev–Trinajstić information content (AvgIpc) is 3.29. The highest BCUT2D eigenvalue weighted by atomic mass is 32.2. The quantitative estimate of drug-likeness (QED) is 0.876. The van der Waals surface area contributed by atoms with E-state index in [9.17, 15) is 8.42 Å². The van der Waals surface area contributed by atoms with E-state index in [1.54, 1.807) is 6.07 Å². The van der Waals surface area contributed by atoms with Crippen molar-refractivity contribution in [3.8, 4) is 0 Å². The molecule has 0 saturated heterocycles. The molecule has 0 aromatic heterocycles. The van der Waals surface area contributed by atoms with E-state index in [0.717, 1.165) is 30.6 Å². The molecule has 20 heavy (non-hydrogen) atoms. The van der Waals surface area contributed by atoms with Crippen molar-refractivity contribution in [2.75, 3.05) is 18.4 Å². The summed E-state index contributed by atoms with van der Waals surface area (Å²) in [4.78, 5) is 0.392. The van der Waals surface area contributed by atoms with E-state index < -0.39 is 10.0 Å². The molecule has 2 aliphatic rings. The fraction of sp³-hybridized carbons (Fsp3) is 0.600. The number of rotatable bonds is 5. The first kappa shape index (κ1) is 13.9. The molecule has 1 atom stereocenters. The lowest BCUT2D eigenvalue weighted by atomic mass is 10.0. The summed E-state index contributed by atoms with van der Waals surface area (Å²) in [6.45, 7) is 3.63. The molecule has 1 fully saturated rings. The van der Waals surface area contributed by atoms with Crippen molar-refractivity contribution in [1.29, 1.82) is 0 Å². The fourth-order valence-electron chi connectivity index (χ4n) is 2.77. The Balaban J connectivity index is 1.73. The first-order valence-electron chi connectivity index (χ1n) is 7.43. The Kier molecular flexibility index (Phi) is 3.73. The summed E-state index contributed by atoms with van der Waals surface area (Å²) in [7, 11) is -3.37. The second kappa shape index (κ2) is 5.37.